The summed E-state index contributed by atoms with van der Waals surface area (Å²) in [4.78, 5) is 13.2. The van der Waals surface area contributed by atoms with Gasteiger partial charge in [0, 0.05) is 6.42 Å². The first-order valence-electron chi connectivity index (χ1n) is 29.2. The molecule has 2 heterocycles. The quantitative estimate of drug-likeness (QED) is 0.0205. The molecule has 2 aliphatic heterocycles. The summed E-state index contributed by atoms with van der Waals surface area (Å²) in [5, 5.41) is 87.0. The van der Waals surface area contributed by atoms with E-state index >= 15 is 0 Å². The third-order valence-corrected chi connectivity index (χ3v) is 14.3. The highest BCUT2D eigenvalue weighted by molar-refractivity contribution is 5.76. The molecule has 2 saturated heterocycles. The van der Waals surface area contributed by atoms with Gasteiger partial charge in [0.05, 0.1) is 32.0 Å². The molecule has 2 rings (SSSR count). The Morgan fingerprint density at radius 3 is 1.42 bits per heavy atom. The molecule has 0 aromatic rings. The molecule has 12 unspecified atom stereocenters. The Kier molecular flexibility index (Phi) is 40.9. The first-order chi connectivity index (χ1) is 35.1. The minimum absolute atomic E-state index is 0.252. The maximum atomic E-state index is 13.2. The van der Waals surface area contributed by atoms with E-state index in [1.807, 2.05) is 6.08 Å². The van der Waals surface area contributed by atoms with Crippen LogP contribution in [0.1, 0.15) is 232 Å². The summed E-state index contributed by atoms with van der Waals surface area (Å²) in [6.07, 6.45) is 36.1. The van der Waals surface area contributed by atoms with Crippen molar-refractivity contribution in [3.63, 3.8) is 0 Å². The van der Waals surface area contributed by atoms with Crippen LogP contribution in [0, 0.1) is 0 Å². The Morgan fingerprint density at radius 1 is 0.500 bits per heavy atom. The second-order valence-electron chi connectivity index (χ2n) is 20.8. The molecule has 72 heavy (non-hydrogen) atoms. The molecule has 0 aromatic heterocycles. The predicted octanol–water partition coefficient (Wildman–Crippen LogP) is 9.44. The highest BCUT2D eigenvalue weighted by Crippen LogP contribution is 2.30. The van der Waals surface area contributed by atoms with Crippen LogP contribution in [-0.4, -0.2) is 140 Å². The van der Waals surface area contributed by atoms with Crippen molar-refractivity contribution in [2.24, 2.45) is 0 Å². The van der Waals surface area contributed by atoms with Gasteiger partial charge in [-0.05, 0) is 51.4 Å². The lowest BCUT2D eigenvalue weighted by Gasteiger charge is -2.46. The molecule has 422 valence electrons. The number of unbranched alkanes of at least 4 members (excludes halogenated alkanes) is 29. The van der Waals surface area contributed by atoms with Crippen LogP contribution in [0.15, 0.2) is 36.5 Å². The number of carbonyl (C=O) groups is 1. The van der Waals surface area contributed by atoms with Gasteiger partial charge in [-0.2, -0.15) is 0 Å². The highest BCUT2D eigenvalue weighted by Gasteiger charge is 2.51. The van der Waals surface area contributed by atoms with E-state index in [1.54, 1.807) is 6.08 Å². The van der Waals surface area contributed by atoms with Gasteiger partial charge in [-0.25, -0.2) is 0 Å². The van der Waals surface area contributed by atoms with E-state index in [4.69, 9.17) is 18.9 Å². The zero-order chi connectivity index (χ0) is 52.4. The van der Waals surface area contributed by atoms with Gasteiger partial charge in [-0.1, -0.05) is 211 Å². The predicted molar refractivity (Wildman–Crippen MR) is 286 cm³/mol. The van der Waals surface area contributed by atoms with Crippen LogP contribution >= 0.6 is 0 Å². The van der Waals surface area contributed by atoms with Crippen LogP contribution in [0.4, 0.5) is 0 Å². The van der Waals surface area contributed by atoms with E-state index in [9.17, 15) is 45.6 Å². The van der Waals surface area contributed by atoms with Gasteiger partial charge >= 0.3 is 0 Å². The number of carbonyl (C=O) groups excluding carboxylic acids is 1. The van der Waals surface area contributed by atoms with Crippen molar-refractivity contribution in [1.29, 1.82) is 0 Å². The minimum Gasteiger partial charge on any atom is -0.394 e. The molecule has 12 atom stereocenters. The molecular weight excluding hydrogens is 919 g/mol. The van der Waals surface area contributed by atoms with Crippen LogP contribution in [-0.2, 0) is 23.7 Å². The summed E-state index contributed by atoms with van der Waals surface area (Å²) in [5.74, 6) is -0.252. The zero-order valence-electron chi connectivity index (χ0n) is 45.2. The highest BCUT2D eigenvalue weighted by atomic mass is 16.7. The number of ether oxygens (including phenoxy) is 4. The SMILES string of the molecule is CCCCC/C=C\C/C=C\CCCCCCCC(=O)NC(COC1OC(CO)C(OC2OC(CO)C(O)C(O)C2O)C(O)C1O)C(O)/C=C/CCCCCCCCCCCCCCCCCCCCCCC. The average molecular weight is 1030 g/mol. The molecule has 0 spiro atoms. The van der Waals surface area contributed by atoms with Crippen LogP contribution in [0.25, 0.3) is 0 Å². The van der Waals surface area contributed by atoms with E-state index in [2.05, 4.69) is 43.5 Å². The van der Waals surface area contributed by atoms with Crippen LogP contribution in [0.5, 0.6) is 0 Å². The lowest BCUT2D eigenvalue weighted by atomic mass is 9.97. The lowest BCUT2D eigenvalue weighted by Crippen LogP contribution is -2.65. The van der Waals surface area contributed by atoms with Gasteiger partial charge in [-0.3, -0.25) is 4.79 Å². The molecule has 9 N–H and O–H groups in total. The number of aliphatic hydroxyl groups is 8. The fourth-order valence-corrected chi connectivity index (χ4v) is 9.56. The summed E-state index contributed by atoms with van der Waals surface area (Å²) >= 11 is 0. The molecule has 14 heteroatoms. The van der Waals surface area contributed by atoms with Gasteiger partial charge in [0.2, 0.25) is 5.91 Å². The van der Waals surface area contributed by atoms with Crippen molar-refractivity contribution >= 4 is 5.91 Å². The second-order valence-corrected chi connectivity index (χ2v) is 20.8. The second kappa shape index (κ2) is 44.3. The topological polar surface area (TPSA) is 228 Å². The smallest absolute Gasteiger partial charge is 0.220 e. The van der Waals surface area contributed by atoms with E-state index in [-0.39, 0.29) is 18.9 Å². The Bertz CT molecular complexity index is 1350. The molecule has 0 radical (unpaired) electrons. The Balaban J connectivity index is 1.78. The minimum atomic E-state index is -1.79. The van der Waals surface area contributed by atoms with E-state index < -0.39 is 86.8 Å². The van der Waals surface area contributed by atoms with Gasteiger partial charge in [0.15, 0.2) is 12.6 Å². The van der Waals surface area contributed by atoms with E-state index in [0.29, 0.717) is 6.42 Å². The first kappa shape index (κ1) is 66.3. The number of amides is 1. The fourth-order valence-electron chi connectivity index (χ4n) is 9.56. The third-order valence-electron chi connectivity index (χ3n) is 14.3. The Hall–Kier alpha value is -1.79. The summed E-state index contributed by atoms with van der Waals surface area (Å²) < 4.78 is 22.7. The molecular formula is C58H107NO13. The third kappa shape index (κ3) is 30.1. The average Bonchev–Trinajstić information content (AvgIpc) is 3.38. The summed E-state index contributed by atoms with van der Waals surface area (Å²) in [6, 6.07) is -0.921. The van der Waals surface area contributed by atoms with E-state index in [1.165, 1.54) is 141 Å². The monoisotopic (exact) mass is 1030 g/mol. The van der Waals surface area contributed by atoms with Crippen LogP contribution in [0.3, 0.4) is 0 Å². The molecule has 1 amide bonds. The first-order valence-corrected chi connectivity index (χ1v) is 29.2. The normalized spacial score (nSPS) is 25.8. The van der Waals surface area contributed by atoms with Gasteiger partial charge in [0.25, 0.3) is 0 Å². The summed E-state index contributed by atoms with van der Waals surface area (Å²) in [5.41, 5.74) is 0. The lowest BCUT2D eigenvalue weighted by molar-refractivity contribution is -0.359. The number of aliphatic hydroxyl groups excluding tert-OH is 8. The molecule has 0 aliphatic carbocycles. The van der Waals surface area contributed by atoms with Crippen molar-refractivity contribution in [2.45, 2.75) is 306 Å². The number of hydrogen-bond donors (Lipinski definition) is 9. The van der Waals surface area contributed by atoms with Crippen LogP contribution < -0.4 is 5.32 Å². The zero-order valence-corrected chi connectivity index (χ0v) is 45.2. The maximum Gasteiger partial charge on any atom is 0.220 e. The molecule has 2 fully saturated rings. The van der Waals surface area contributed by atoms with Crippen molar-refractivity contribution in [1.82, 2.24) is 5.32 Å². The summed E-state index contributed by atoms with van der Waals surface area (Å²) in [7, 11) is 0. The van der Waals surface area contributed by atoms with Crippen molar-refractivity contribution in [3.8, 4) is 0 Å². The van der Waals surface area contributed by atoms with E-state index in [0.717, 1.165) is 64.2 Å². The van der Waals surface area contributed by atoms with Crippen molar-refractivity contribution < 1.29 is 64.6 Å². The number of hydrogen-bond acceptors (Lipinski definition) is 13. The van der Waals surface area contributed by atoms with Crippen LogP contribution in [0.2, 0.25) is 0 Å². The standard InChI is InChI=1S/C58H107NO13/c1-3-5-7-9-11-13-15-17-19-20-21-22-23-24-25-26-28-29-31-33-35-37-39-41-47(62)46(59-50(63)42-40-38-36-34-32-30-27-18-16-14-12-10-8-6-4-2)45-69-57-55(68)53(66)56(49(44-61)71-57)72-58-54(67)52(65)51(64)48(43-60)70-58/h12,14,18,27,39,41,46-49,51-58,60-62,64-68H,3-11,13,15-17,19-26,28-38,40,42-45H2,1-2H3,(H,59,63)/b14-12-,27-18-,41-39+. The maximum absolute atomic E-state index is 13.2. The number of nitrogens with one attached hydrogen (secondary N) is 1. The molecule has 2 aliphatic rings. The van der Waals surface area contributed by atoms with Gasteiger partial charge < -0.3 is 65.1 Å². The fraction of sp³-hybridized carbons (Fsp3) is 0.879. The van der Waals surface area contributed by atoms with Gasteiger partial charge in [-0.15, -0.1) is 0 Å². The number of rotatable bonds is 46. The number of allylic oxidation sites excluding steroid dienone is 5. The summed E-state index contributed by atoms with van der Waals surface area (Å²) in [6.45, 7) is 2.77. The van der Waals surface area contributed by atoms with Crippen molar-refractivity contribution in [2.75, 3.05) is 19.8 Å². The Morgan fingerprint density at radius 2 is 0.917 bits per heavy atom. The molecule has 14 nitrogen and oxygen atoms in total. The van der Waals surface area contributed by atoms with Crippen molar-refractivity contribution in [3.05, 3.63) is 36.5 Å². The molecule has 0 aromatic carbocycles. The molecule has 0 bridgehead atoms. The Labute approximate surface area is 436 Å². The van der Waals surface area contributed by atoms with Gasteiger partial charge in [0.1, 0.15) is 48.8 Å². The largest absolute Gasteiger partial charge is 0.394 e. The molecule has 0 saturated carbocycles.